The van der Waals surface area contributed by atoms with E-state index < -0.39 is 90.2 Å². The lowest BCUT2D eigenvalue weighted by Gasteiger charge is -2.42. The maximum atomic E-state index is 14.4. The molecule has 0 aromatic heterocycles. The number of allylic oxidation sites excluding steroid dienone is 6. The largest absolute Gasteiger partial charge is 0.509 e. The van der Waals surface area contributed by atoms with Gasteiger partial charge in [0.1, 0.15) is 30.5 Å². The van der Waals surface area contributed by atoms with Gasteiger partial charge in [0.05, 0.1) is 24.4 Å². The monoisotopic (exact) mass is 942 g/mol. The zero-order valence-electron chi connectivity index (χ0n) is 41.6. The molecule has 2 N–H and O–H groups in total. The number of nitrogens with zero attached hydrogens (tertiary/aromatic N) is 1. The van der Waals surface area contributed by atoms with Crippen molar-refractivity contribution in [1.29, 1.82) is 0 Å². The molecule has 16 atom stereocenters. The van der Waals surface area contributed by atoms with Crippen molar-refractivity contribution < 1.29 is 67.3 Å². The number of carbonyl (C=O) groups excluding carboxylic acids is 5. The summed E-state index contributed by atoms with van der Waals surface area (Å²) in [6.07, 6.45) is 11.5. The highest BCUT2D eigenvalue weighted by molar-refractivity contribution is 6.39. The van der Waals surface area contributed by atoms with E-state index in [9.17, 15) is 34.2 Å². The summed E-state index contributed by atoms with van der Waals surface area (Å²) in [5, 5.41) is 22.5. The van der Waals surface area contributed by atoms with E-state index in [1.807, 2.05) is 52.0 Å². The van der Waals surface area contributed by atoms with E-state index in [-0.39, 0.29) is 54.9 Å². The van der Waals surface area contributed by atoms with Crippen LogP contribution in [0.15, 0.2) is 47.6 Å². The summed E-state index contributed by atoms with van der Waals surface area (Å²) < 4.78 is 41.4. The van der Waals surface area contributed by atoms with Gasteiger partial charge in [-0.3, -0.25) is 14.4 Å². The molecule has 1 amide bonds. The highest BCUT2D eigenvalue weighted by atomic mass is 16.8. The van der Waals surface area contributed by atoms with Crippen LogP contribution in [0, 0.1) is 35.5 Å². The predicted octanol–water partition coefficient (Wildman–Crippen LogP) is 7.15. The minimum Gasteiger partial charge on any atom is -0.460 e. The van der Waals surface area contributed by atoms with E-state index in [2.05, 4.69) is 13.0 Å². The highest BCUT2D eigenvalue weighted by Gasteiger charge is 2.53. The Balaban J connectivity index is 1.49. The smallest absolute Gasteiger partial charge is 0.460 e. The minimum absolute atomic E-state index is 0.0934. The third-order valence-corrected chi connectivity index (χ3v) is 15.1. The Labute approximate surface area is 398 Å². The lowest BCUT2D eigenvalue weighted by Crippen LogP contribution is -2.61. The van der Waals surface area contributed by atoms with Gasteiger partial charge in [-0.25, -0.2) is 9.59 Å². The molecule has 0 aromatic carbocycles. The number of ether oxygens (including phenoxy) is 7. The van der Waals surface area contributed by atoms with Crippen LogP contribution in [0.5, 0.6) is 0 Å². The number of aliphatic hydroxyl groups is 2. The average Bonchev–Trinajstić information content (AvgIpc) is 3.30. The van der Waals surface area contributed by atoms with Gasteiger partial charge in [0.25, 0.3) is 11.7 Å². The summed E-state index contributed by atoms with van der Waals surface area (Å²) in [5.41, 5.74) is 1.28. The summed E-state index contributed by atoms with van der Waals surface area (Å²) in [7, 11) is 4.71. The van der Waals surface area contributed by atoms with Crippen LogP contribution in [0.25, 0.3) is 0 Å². The van der Waals surface area contributed by atoms with Crippen LogP contribution in [0.1, 0.15) is 126 Å². The predicted molar refractivity (Wildman–Crippen MR) is 249 cm³/mol. The van der Waals surface area contributed by atoms with Crippen LogP contribution in [0.3, 0.4) is 0 Å². The van der Waals surface area contributed by atoms with Gasteiger partial charge in [0.15, 0.2) is 5.78 Å². The number of carbonyl (C=O) groups is 5. The molecular formula is C52H79NO14. The Morgan fingerprint density at radius 3 is 2.27 bits per heavy atom. The number of ketones is 2. The number of rotatable bonds is 6. The molecule has 3 saturated heterocycles. The Bertz CT molecular complexity index is 1840. The molecule has 4 heterocycles. The zero-order valence-corrected chi connectivity index (χ0v) is 41.6. The summed E-state index contributed by atoms with van der Waals surface area (Å²) in [6, 6.07) is -1.13. The van der Waals surface area contributed by atoms with E-state index >= 15 is 0 Å². The fraction of sp³-hybridized carbons (Fsp3) is 0.750. The number of hydrogen-bond donors (Lipinski definition) is 2. The molecule has 5 aliphatic rings. The number of Topliss-reactive ketones (excluding diaryl/α,β-unsaturated/α-hetero) is 2. The van der Waals surface area contributed by atoms with Crippen LogP contribution in [0.2, 0.25) is 0 Å². The summed E-state index contributed by atoms with van der Waals surface area (Å²) in [5.74, 6) is -6.98. The van der Waals surface area contributed by atoms with E-state index in [0.717, 1.165) is 12.0 Å². The lowest BCUT2D eigenvalue weighted by atomic mass is 9.78. The third kappa shape index (κ3) is 13.7. The molecule has 0 spiro atoms. The Kier molecular flexibility index (Phi) is 20.0. The first-order chi connectivity index (χ1) is 31.8. The molecule has 67 heavy (non-hydrogen) atoms. The van der Waals surface area contributed by atoms with Gasteiger partial charge in [-0.05, 0) is 113 Å². The quantitative estimate of drug-likeness (QED) is 0.201. The van der Waals surface area contributed by atoms with Gasteiger partial charge in [0, 0.05) is 52.6 Å². The maximum absolute atomic E-state index is 14.4. The molecule has 376 valence electrons. The molecule has 0 aromatic rings. The SMILES string of the molecule is COC1CC2CC[C@@H](C)[C@@](O)(O2)C(=O)C(=O)N2CCCC[C@H]2C(=O)O[C@H]([C@H](C)C[C@@H]2CC[C@@H](O)[C@H](OC)C2)CC(=O)C(C)=CC(C)[C@H]2OC(=O)O[C@H]([C@@H]2OC)[C@H](C)C[C@H](C)C=CC=CC=C1C. The van der Waals surface area contributed by atoms with E-state index in [1.165, 1.54) is 4.90 Å². The van der Waals surface area contributed by atoms with Crippen LogP contribution < -0.4 is 0 Å². The Morgan fingerprint density at radius 2 is 1.57 bits per heavy atom. The average molecular weight is 942 g/mol. The third-order valence-electron chi connectivity index (χ3n) is 15.1. The second-order valence-electron chi connectivity index (χ2n) is 20.2. The molecule has 1 aliphatic carbocycles. The first kappa shape index (κ1) is 54.2. The molecule has 1 saturated carbocycles. The molecule has 3 unspecified atom stereocenters. The van der Waals surface area contributed by atoms with Gasteiger partial charge in [-0.15, -0.1) is 0 Å². The van der Waals surface area contributed by atoms with E-state index in [4.69, 9.17) is 33.2 Å². The second-order valence-corrected chi connectivity index (χ2v) is 20.2. The van der Waals surface area contributed by atoms with Gasteiger partial charge in [-0.2, -0.15) is 0 Å². The topological polar surface area (TPSA) is 194 Å². The fourth-order valence-electron chi connectivity index (χ4n) is 10.9. The molecule has 5 rings (SSSR count). The van der Waals surface area contributed by atoms with Gasteiger partial charge < -0.3 is 48.3 Å². The van der Waals surface area contributed by atoms with Crippen LogP contribution >= 0.6 is 0 Å². The van der Waals surface area contributed by atoms with Crippen molar-refractivity contribution in [2.75, 3.05) is 27.9 Å². The number of hydrogen-bond acceptors (Lipinski definition) is 14. The molecule has 4 bridgehead atoms. The van der Waals surface area contributed by atoms with E-state index in [1.54, 1.807) is 41.3 Å². The van der Waals surface area contributed by atoms with Crippen molar-refractivity contribution >= 4 is 29.6 Å². The number of cyclic esters (lactones) is 1. The molecule has 4 aliphatic heterocycles. The van der Waals surface area contributed by atoms with Crippen molar-refractivity contribution in [1.82, 2.24) is 4.90 Å². The molecule has 15 heteroatoms. The van der Waals surface area contributed by atoms with Crippen LogP contribution in [-0.2, 0) is 52.3 Å². The fourth-order valence-corrected chi connectivity index (χ4v) is 10.9. The minimum atomic E-state index is -2.42. The van der Waals surface area contributed by atoms with Crippen molar-refractivity contribution in [3.63, 3.8) is 0 Å². The van der Waals surface area contributed by atoms with Crippen molar-refractivity contribution in [3.05, 3.63) is 47.6 Å². The molecule has 0 radical (unpaired) electrons. The van der Waals surface area contributed by atoms with Gasteiger partial charge in [0.2, 0.25) is 5.79 Å². The Hall–Kier alpha value is -3.73. The van der Waals surface area contributed by atoms with Gasteiger partial charge >= 0.3 is 12.1 Å². The summed E-state index contributed by atoms with van der Waals surface area (Å²) in [6.45, 7) is 13.3. The van der Waals surface area contributed by atoms with Crippen LogP contribution in [-0.4, -0.2) is 133 Å². The first-order valence-corrected chi connectivity index (χ1v) is 24.6. The summed E-state index contributed by atoms with van der Waals surface area (Å²) in [4.78, 5) is 71.4. The van der Waals surface area contributed by atoms with Crippen molar-refractivity contribution in [2.45, 2.75) is 186 Å². The Morgan fingerprint density at radius 1 is 0.836 bits per heavy atom. The standard InChI is InChI=1S/C52H79NO14/c1-30-16-12-11-13-17-31(2)42(61-8)28-38-21-19-36(7)52(60,67-38)48(56)49(57)53-23-15-14-18-39(53)50(58)64-43(33(4)26-37-20-22-40(54)44(27-37)62-9)29-41(55)32(3)25-35(6)46-47(63-10)45(34(5)24-30)65-51(59)66-46/h11-13,16-17,25,30,33-40,42-47,54,60H,14-15,18-24,26-29H2,1-10H3/t30-,33-,34-,35?,36-,37+,38?,39+,40-,42?,43+,44-,45+,46-,47+,52-/m1/s1. The molecule has 15 nitrogen and oxygen atoms in total. The number of methoxy groups -OCH3 is 3. The number of fused-ring (bicyclic) bond motifs is 5. The molecular weight excluding hydrogens is 863 g/mol. The first-order valence-electron chi connectivity index (χ1n) is 24.6. The number of amides is 1. The number of aliphatic hydroxyl groups excluding tert-OH is 1. The normalized spacial score (nSPS) is 38.7. The van der Waals surface area contributed by atoms with Crippen molar-refractivity contribution in [3.8, 4) is 0 Å². The maximum Gasteiger partial charge on any atom is 0.509 e. The zero-order chi connectivity index (χ0) is 49.2. The van der Waals surface area contributed by atoms with Gasteiger partial charge in [-0.1, -0.05) is 71.1 Å². The number of piperidine rings is 1. The molecule has 4 fully saturated rings. The van der Waals surface area contributed by atoms with Crippen molar-refractivity contribution in [2.24, 2.45) is 35.5 Å². The number of esters is 1. The summed E-state index contributed by atoms with van der Waals surface area (Å²) >= 11 is 0. The van der Waals surface area contributed by atoms with Crippen LogP contribution in [0.4, 0.5) is 4.79 Å². The van der Waals surface area contributed by atoms with E-state index in [0.29, 0.717) is 63.4 Å². The highest BCUT2D eigenvalue weighted by Crippen LogP contribution is 2.38. The lowest BCUT2D eigenvalue weighted by molar-refractivity contribution is -0.265. The second kappa shape index (κ2) is 24.7.